The second-order valence-corrected chi connectivity index (χ2v) is 8.82. The zero-order valence-electron chi connectivity index (χ0n) is 18.0. The van der Waals surface area contributed by atoms with E-state index in [1.54, 1.807) is 9.58 Å². The molecule has 4 rings (SSSR count). The first-order chi connectivity index (χ1) is 14.9. The zero-order chi connectivity index (χ0) is 22.0. The molecule has 0 radical (unpaired) electrons. The van der Waals surface area contributed by atoms with Crippen molar-refractivity contribution in [2.75, 3.05) is 12.4 Å². The van der Waals surface area contributed by atoms with Crippen molar-refractivity contribution in [1.82, 2.24) is 25.1 Å². The van der Waals surface area contributed by atoms with E-state index in [2.05, 4.69) is 27.8 Å². The van der Waals surface area contributed by atoms with E-state index in [1.165, 1.54) is 0 Å². The second-order valence-electron chi connectivity index (χ2n) is 8.42. The van der Waals surface area contributed by atoms with E-state index in [0.29, 0.717) is 16.8 Å². The molecule has 1 heterocycles. The highest BCUT2D eigenvalue weighted by Gasteiger charge is 2.46. The lowest BCUT2D eigenvalue weighted by Gasteiger charge is -2.44. The van der Waals surface area contributed by atoms with Gasteiger partial charge in [-0.2, -0.15) is 4.68 Å². The maximum absolute atomic E-state index is 13.3. The van der Waals surface area contributed by atoms with E-state index < -0.39 is 5.54 Å². The summed E-state index contributed by atoms with van der Waals surface area (Å²) in [7, 11) is 1.83. The molecule has 0 bridgehead atoms. The molecule has 1 aliphatic carbocycles. The molecule has 2 aromatic carbocycles. The van der Waals surface area contributed by atoms with Crippen LogP contribution in [0.25, 0.3) is 5.69 Å². The summed E-state index contributed by atoms with van der Waals surface area (Å²) < 4.78 is 1.72. The lowest BCUT2D eigenvalue weighted by molar-refractivity contribution is 0.0786. The monoisotopic (exact) mass is 438 g/mol. The van der Waals surface area contributed by atoms with Gasteiger partial charge in [-0.3, -0.25) is 0 Å². The van der Waals surface area contributed by atoms with Crippen LogP contribution in [0, 0.1) is 12.8 Å². The van der Waals surface area contributed by atoms with E-state index in [-0.39, 0.29) is 6.03 Å². The van der Waals surface area contributed by atoms with Crippen LogP contribution < -0.4 is 5.32 Å². The number of carbonyl (C=O) groups is 1. The van der Waals surface area contributed by atoms with Crippen molar-refractivity contribution in [3.05, 3.63) is 64.9 Å². The highest BCUT2D eigenvalue weighted by Crippen LogP contribution is 2.43. The van der Waals surface area contributed by atoms with Crippen molar-refractivity contribution in [1.29, 1.82) is 0 Å². The summed E-state index contributed by atoms with van der Waals surface area (Å²) >= 11 is 6.37. The lowest BCUT2D eigenvalue weighted by atomic mass is 9.75. The van der Waals surface area contributed by atoms with Gasteiger partial charge in [-0.05, 0) is 78.8 Å². The van der Waals surface area contributed by atoms with Crippen molar-refractivity contribution < 1.29 is 4.79 Å². The number of benzene rings is 2. The van der Waals surface area contributed by atoms with Crippen molar-refractivity contribution in [2.24, 2.45) is 5.92 Å². The minimum absolute atomic E-state index is 0.183. The molecule has 0 saturated heterocycles. The highest BCUT2D eigenvalue weighted by atomic mass is 35.5. The molecular weight excluding hydrogens is 412 g/mol. The van der Waals surface area contributed by atoms with Crippen LogP contribution >= 0.6 is 11.6 Å². The number of hydrogen-bond acceptors (Lipinski definition) is 4. The van der Waals surface area contributed by atoms with Crippen LogP contribution in [-0.4, -0.2) is 38.2 Å². The Bertz CT molecular complexity index is 1060. The van der Waals surface area contributed by atoms with E-state index in [4.69, 9.17) is 11.6 Å². The molecule has 31 heavy (non-hydrogen) atoms. The van der Waals surface area contributed by atoms with E-state index >= 15 is 0 Å². The summed E-state index contributed by atoms with van der Waals surface area (Å²) in [5.74, 6) is 1.25. The molecular formula is C23H27ClN6O. The molecule has 0 unspecified atom stereocenters. The Balaban J connectivity index is 1.73. The minimum Gasteiger partial charge on any atom is -0.315 e. The van der Waals surface area contributed by atoms with Crippen LogP contribution in [0.3, 0.4) is 0 Å². The Kier molecular flexibility index (Phi) is 5.96. The SMILES string of the molecule is Cc1ccc(-n2nnnc2C2(N(C)C(=O)Nc3ccccc3)CCC(C)CC2)cc1Cl. The Morgan fingerprint density at radius 3 is 2.58 bits per heavy atom. The van der Waals surface area contributed by atoms with Crippen molar-refractivity contribution >= 4 is 23.3 Å². The summed E-state index contributed by atoms with van der Waals surface area (Å²) in [4.78, 5) is 15.0. The van der Waals surface area contributed by atoms with Crippen LogP contribution in [-0.2, 0) is 5.54 Å². The lowest BCUT2D eigenvalue weighted by Crippen LogP contribution is -2.52. The number of nitrogens with one attached hydrogen (secondary N) is 1. The Labute approximate surface area is 187 Å². The van der Waals surface area contributed by atoms with E-state index in [9.17, 15) is 4.79 Å². The van der Waals surface area contributed by atoms with Crippen LogP contribution in [0.1, 0.15) is 44.0 Å². The van der Waals surface area contributed by atoms with Gasteiger partial charge in [0.15, 0.2) is 5.82 Å². The highest BCUT2D eigenvalue weighted by molar-refractivity contribution is 6.31. The third-order valence-electron chi connectivity index (χ3n) is 6.36. The van der Waals surface area contributed by atoms with Gasteiger partial charge in [0.05, 0.1) is 5.69 Å². The van der Waals surface area contributed by atoms with Crippen molar-refractivity contribution in [3.8, 4) is 5.69 Å². The van der Waals surface area contributed by atoms with Gasteiger partial charge in [0.25, 0.3) is 0 Å². The molecule has 0 atom stereocenters. The number of aromatic nitrogens is 4. The van der Waals surface area contributed by atoms with Gasteiger partial charge in [0.2, 0.25) is 0 Å². The maximum Gasteiger partial charge on any atom is 0.322 e. The molecule has 1 aromatic heterocycles. The molecule has 1 fully saturated rings. The number of anilines is 1. The number of urea groups is 1. The molecule has 1 saturated carbocycles. The normalized spacial score (nSPS) is 21.0. The number of halogens is 1. The van der Waals surface area contributed by atoms with Gasteiger partial charge in [-0.15, -0.1) is 5.10 Å². The molecule has 0 aliphatic heterocycles. The van der Waals surface area contributed by atoms with Gasteiger partial charge in [-0.1, -0.05) is 42.8 Å². The summed E-state index contributed by atoms with van der Waals surface area (Å²) in [5, 5.41) is 16.3. The van der Waals surface area contributed by atoms with Gasteiger partial charge in [0.1, 0.15) is 5.54 Å². The number of aryl methyl sites for hydroxylation is 1. The van der Waals surface area contributed by atoms with E-state index in [1.807, 2.05) is 62.5 Å². The van der Waals surface area contributed by atoms with Crippen LogP contribution in [0.2, 0.25) is 5.02 Å². The number of para-hydroxylation sites is 1. The fourth-order valence-electron chi connectivity index (χ4n) is 4.24. The first-order valence-corrected chi connectivity index (χ1v) is 10.9. The molecule has 162 valence electrons. The number of hydrogen-bond donors (Lipinski definition) is 1. The molecule has 1 aliphatic rings. The molecule has 0 spiro atoms. The minimum atomic E-state index is -0.619. The molecule has 7 nitrogen and oxygen atoms in total. The summed E-state index contributed by atoms with van der Waals surface area (Å²) in [6, 6.07) is 15.0. The number of rotatable bonds is 4. The summed E-state index contributed by atoms with van der Waals surface area (Å²) in [5.41, 5.74) is 1.90. The largest absolute Gasteiger partial charge is 0.322 e. The number of nitrogens with zero attached hydrogens (tertiary/aromatic N) is 5. The number of carbonyl (C=O) groups excluding carboxylic acids is 1. The first kappa shape index (κ1) is 21.3. The third-order valence-corrected chi connectivity index (χ3v) is 6.77. The Morgan fingerprint density at radius 1 is 1.19 bits per heavy atom. The fourth-order valence-corrected chi connectivity index (χ4v) is 4.41. The van der Waals surface area contributed by atoms with Gasteiger partial charge in [0, 0.05) is 17.8 Å². The van der Waals surface area contributed by atoms with Gasteiger partial charge in [-0.25, -0.2) is 4.79 Å². The molecule has 1 N–H and O–H groups in total. The Hall–Kier alpha value is -2.93. The Morgan fingerprint density at radius 2 is 1.90 bits per heavy atom. The zero-order valence-corrected chi connectivity index (χ0v) is 18.8. The summed E-state index contributed by atoms with van der Waals surface area (Å²) in [6.07, 6.45) is 3.55. The average molecular weight is 439 g/mol. The van der Waals surface area contributed by atoms with Crippen molar-refractivity contribution in [3.63, 3.8) is 0 Å². The van der Waals surface area contributed by atoms with E-state index in [0.717, 1.165) is 42.6 Å². The van der Waals surface area contributed by atoms with Crippen LogP contribution in [0.5, 0.6) is 0 Å². The smallest absolute Gasteiger partial charge is 0.315 e. The topological polar surface area (TPSA) is 75.9 Å². The van der Waals surface area contributed by atoms with Gasteiger partial charge >= 0.3 is 6.03 Å². The predicted molar refractivity (Wildman–Crippen MR) is 121 cm³/mol. The number of tetrazole rings is 1. The standard InChI is InChI=1S/C23H27ClN6O/c1-16-11-13-23(14-12-16,29(3)22(31)25-18-7-5-4-6-8-18)21-26-27-28-30(21)19-10-9-17(2)20(24)15-19/h4-10,15-16H,11-14H2,1-3H3,(H,25,31). The number of amides is 2. The summed E-state index contributed by atoms with van der Waals surface area (Å²) in [6.45, 7) is 4.20. The van der Waals surface area contributed by atoms with Crippen LogP contribution in [0.4, 0.5) is 10.5 Å². The second kappa shape index (κ2) is 8.67. The first-order valence-electron chi connectivity index (χ1n) is 10.6. The van der Waals surface area contributed by atoms with Crippen LogP contribution in [0.15, 0.2) is 48.5 Å². The molecule has 8 heteroatoms. The molecule has 3 aromatic rings. The predicted octanol–water partition coefficient (Wildman–Crippen LogP) is 5.19. The fraction of sp³-hybridized carbons (Fsp3) is 0.391. The quantitative estimate of drug-likeness (QED) is 0.607. The molecule has 2 amide bonds. The maximum atomic E-state index is 13.3. The third kappa shape index (κ3) is 4.14. The van der Waals surface area contributed by atoms with Crippen molar-refractivity contribution in [2.45, 2.75) is 45.1 Å². The average Bonchev–Trinajstić information content (AvgIpc) is 3.27. The van der Waals surface area contributed by atoms with Gasteiger partial charge < -0.3 is 10.2 Å².